The molecule has 18 atom stereocenters. The highest BCUT2D eigenvalue weighted by Gasteiger charge is 2.77. The van der Waals surface area contributed by atoms with E-state index in [2.05, 4.69) is 0 Å². The van der Waals surface area contributed by atoms with Crippen molar-refractivity contribution in [2.75, 3.05) is 0 Å². The lowest BCUT2D eigenvalue weighted by Crippen LogP contribution is -2.77. The molecule has 0 aromatic rings. The molecule has 21 nitrogen and oxygen atoms in total. The fourth-order valence-corrected chi connectivity index (χ4v) is 14.4. The van der Waals surface area contributed by atoms with E-state index in [1.165, 1.54) is 13.8 Å². The van der Waals surface area contributed by atoms with Crippen LogP contribution in [0, 0.1) is 33.5 Å². The minimum atomic E-state index is -2.13. The Kier molecular flexibility index (Phi) is 16.1. The highest BCUT2D eigenvalue weighted by atomic mass is 16.6. The number of aliphatic hydroxyl groups is 9. The van der Waals surface area contributed by atoms with Crippen molar-refractivity contribution < 1.29 is 103 Å². The summed E-state index contributed by atoms with van der Waals surface area (Å²) >= 11 is 0. The molecule has 6 rings (SSSR count). The maximum Gasteiger partial charge on any atom is 0.303 e. The van der Waals surface area contributed by atoms with Gasteiger partial charge in [-0.25, -0.2) is 0 Å². The van der Waals surface area contributed by atoms with Crippen molar-refractivity contribution in [2.24, 2.45) is 33.5 Å². The molecular weight excluding hydrogens is 961 g/mol. The van der Waals surface area contributed by atoms with E-state index in [-0.39, 0.29) is 49.7 Å². The van der Waals surface area contributed by atoms with Crippen LogP contribution < -0.4 is 0 Å². The predicted molar refractivity (Wildman–Crippen MR) is 253 cm³/mol. The van der Waals surface area contributed by atoms with Gasteiger partial charge in [0.2, 0.25) is 0 Å². The Labute approximate surface area is 425 Å². The van der Waals surface area contributed by atoms with Crippen LogP contribution in [-0.2, 0) is 57.2 Å². The van der Waals surface area contributed by atoms with E-state index in [1.54, 1.807) is 55.4 Å². The van der Waals surface area contributed by atoms with Gasteiger partial charge in [0, 0.05) is 71.1 Å². The zero-order valence-electron chi connectivity index (χ0n) is 44.6. The first-order chi connectivity index (χ1) is 33.3. The molecule has 0 heterocycles. The summed E-state index contributed by atoms with van der Waals surface area (Å²) in [6.45, 7) is 20.9. The molecule has 6 aliphatic rings. The van der Waals surface area contributed by atoms with Gasteiger partial charge < -0.3 is 69.6 Å². The molecule has 0 saturated heterocycles. The van der Waals surface area contributed by atoms with E-state index in [4.69, 9.17) is 23.7 Å². The van der Waals surface area contributed by atoms with Gasteiger partial charge >= 0.3 is 29.8 Å². The summed E-state index contributed by atoms with van der Waals surface area (Å²) in [5.74, 6) is -8.67. The molecule has 4 saturated carbocycles. The number of hydrogen-bond acceptors (Lipinski definition) is 21. The van der Waals surface area contributed by atoms with Gasteiger partial charge in [-0.05, 0) is 62.8 Å². The number of carbonyl (C=O) groups excluding carboxylic acids is 7. The summed E-state index contributed by atoms with van der Waals surface area (Å²) < 4.78 is 28.5. The number of Topliss-reactive ketones (excluding diaryl/α,β-unsaturated/α-hetero) is 2. The summed E-state index contributed by atoms with van der Waals surface area (Å²) in [5, 5.41) is 103. The first kappa shape index (κ1) is 59.7. The van der Waals surface area contributed by atoms with E-state index in [9.17, 15) is 79.5 Å². The van der Waals surface area contributed by atoms with Crippen LogP contribution in [0.3, 0.4) is 0 Å². The molecule has 0 aliphatic heterocycles. The molecule has 4 unspecified atom stereocenters. The molecule has 21 heteroatoms. The number of esters is 5. The fraction of sp³-hybridized carbons (Fsp3) is 0.788. The molecule has 0 aromatic carbocycles. The number of ketones is 2. The number of fused-ring (bicyclic) bond motifs is 6. The van der Waals surface area contributed by atoms with Gasteiger partial charge in [0.1, 0.15) is 40.7 Å². The number of ether oxygens (including phenoxy) is 5. The van der Waals surface area contributed by atoms with Crippen LogP contribution in [0.5, 0.6) is 0 Å². The third-order valence-electron chi connectivity index (χ3n) is 18.4. The molecule has 0 amide bonds. The molecule has 0 radical (unpaired) electrons. The monoisotopic (exact) mass is 1040 g/mol. The summed E-state index contributed by atoms with van der Waals surface area (Å²) in [6, 6.07) is 0. The Hall–Kier alpha value is -4.19. The molecule has 4 fully saturated rings. The molecule has 9 N–H and O–H groups in total. The Morgan fingerprint density at radius 1 is 0.507 bits per heavy atom. The Bertz CT molecular complexity index is 2340. The van der Waals surface area contributed by atoms with Gasteiger partial charge in [-0.15, -0.1) is 0 Å². The summed E-state index contributed by atoms with van der Waals surface area (Å²) in [5.41, 5.74) is -13.9. The Balaban J connectivity index is 0.000000272. The second-order valence-electron chi connectivity index (χ2n) is 22.8. The molecule has 73 heavy (non-hydrogen) atoms. The lowest BCUT2D eigenvalue weighted by molar-refractivity contribution is -0.288. The van der Waals surface area contributed by atoms with Crippen LogP contribution in [0.1, 0.15) is 142 Å². The standard InChI is InChI=1S/C27H40O11.C25H38O10/c1-9-26(38-15(5)30)18(33)10-17(32)25(8)21(26)23(37-14(4)29)27(35)11-16(31)12(2)19(24(27,6)7)20(22(25)34)36-13(3)28;1-8-24(35-13(4)27)16(30)9-15(29)23(7)19(24)21(34-12(3)26)25(33)10-14(28)11(2)17(22(25,5)6)18(31)20(23)32/h16-18,20-21,23,31-33,35H,9-11H2,1-8H3;14-16,18-19,21,28-31,33H,8-10H2,1-7H3/t16?,17-,18+,20+,21?,23-,25+,26-,27+;14?,15-,16+,18+,19?,21-,23+,24-,25+/m00/s1. The van der Waals surface area contributed by atoms with Crippen LogP contribution in [0.25, 0.3) is 0 Å². The van der Waals surface area contributed by atoms with Crippen molar-refractivity contribution in [2.45, 2.75) is 226 Å². The van der Waals surface area contributed by atoms with E-state index in [0.29, 0.717) is 11.1 Å². The number of aliphatic hydroxyl groups excluding tert-OH is 7. The number of carbonyl (C=O) groups is 7. The number of hydrogen-bond donors (Lipinski definition) is 9. The van der Waals surface area contributed by atoms with Crippen molar-refractivity contribution >= 4 is 41.4 Å². The molecule has 0 aromatic heterocycles. The van der Waals surface area contributed by atoms with Gasteiger partial charge in [-0.3, -0.25) is 33.6 Å². The highest BCUT2D eigenvalue weighted by molar-refractivity contribution is 5.95. The van der Waals surface area contributed by atoms with Crippen molar-refractivity contribution in [1.82, 2.24) is 0 Å². The Morgan fingerprint density at radius 3 is 1.16 bits per heavy atom. The van der Waals surface area contributed by atoms with E-state index < -0.39 is 158 Å². The van der Waals surface area contributed by atoms with Crippen LogP contribution in [0.15, 0.2) is 22.3 Å². The normalized spacial score (nSPS) is 43.7. The maximum absolute atomic E-state index is 14.6. The predicted octanol–water partition coefficient (Wildman–Crippen LogP) is 0.891. The van der Waals surface area contributed by atoms with E-state index in [1.807, 2.05) is 0 Å². The van der Waals surface area contributed by atoms with Gasteiger partial charge in [0.05, 0.1) is 59.3 Å². The average Bonchev–Trinajstić information content (AvgIpc) is 3.25. The minimum Gasteiger partial charge on any atom is -0.459 e. The SMILES string of the molecule is CC[C@@]1(OC(C)=O)C2[C@H](OC(C)=O)[C@]3(O)CC(O)C(C)=C([C@@H](O)C(=O)[C@]2(C)[C@@H](O)C[C@H]1O)C3(C)C.CC[C@@]1(OC(C)=O)C2[C@H](OC(C)=O)[C@]3(O)CC(O)C(C)=C([C@@H](OC(C)=O)C(=O)[C@]2(C)[C@@H](O)C[C@H]1O)C3(C)C. The summed E-state index contributed by atoms with van der Waals surface area (Å²) in [7, 11) is 0. The number of rotatable bonds is 7. The van der Waals surface area contributed by atoms with Gasteiger partial charge in [0.15, 0.2) is 17.7 Å². The van der Waals surface area contributed by atoms with Crippen molar-refractivity contribution in [3.05, 3.63) is 22.3 Å². The fourth-order valence-electron chi connectivity index (χ4n) is 14.4. The van der Waals surface area contributed by atoms with E-state index in [0.717, 1.165) is 34.6 Å². The third kappa shape index (κ3) is 8.69. The zero-order chi connectivity index (χ0) is 56.1. The van der Waals surface area contributed by atoms with Crippen LogP contribution in [0.2, 0.25) is 0 Å². The summed E-state index contributed by atoms with van der Waals surface area (Å²) in [6.07, 6.45) is -17.0. The molecular formula is C52H78O21. The highest BCUT2D eigenvalue weighted by Crippen LogP contribution is 2.65. The van der Waals surface area contributed by atoms with E-state index >= 15 is 0 Å². The lowest BCUT2D eigenvalue weighted by atomic mass is 9.45. The Morgan fingerprint density at radius 2 is 0.836 bits per heavy atom. The molecule has 0 spiro atoms. The van der Waals surface area contributed by atoms with Crippen molar-refractivity contribution in [1.29, 1.82) is 0 Å². The zero-order valence-corrected chi connectivity index (χ0v) is 44.6. The second-order valence-corrected chi connectivity index (χ2v) is 22.8. The van der Waals surface area contributed by atoms with Crippen LogP contribution in [0.4, 0.5) is 0 Å². The van der Waals surface area contributed by atoms with Crippen molar-refractivity contribution in [3.8, 4) is 0 Å². The van der Waals surface area contributed by atoms with Crippen LogP contribution in [-0.4, -0.2) is 171 Å². The largest absolute Gasteiger partial charge is 0.459 e. The van der Waals surface area contributed by atoms with Crippen molar-refractivity contribution in [3.63, 3.8) is 0 Å². The first-order valence-electron chi connectivity index (χ1n) is 24.9. The average molecular weight is 1040 g/mol. The third-order valence-corrected chi connectivity index (χ3v) is 18.4. The maximum atomic E-state index is 14.6. The minimum absolute atomic E-state index is 0.0529. The quantitative estimate of drug-likeness (QED) is 0.0971. The second kappa shape index (κ2) is 19.7. The molecule has 4 bridgehead atoms. The first-order valence-corrected chi connectivity index (χ1v) is 24.9. The lowest BCUT2D eigenvalue weighted by Gasteiger charge is -2.64. The molecule has 6 aliphatic carbocycles. The van der Waals surface area contributed by atoms with Gasteiger partial charge in [-0.1, -0.05) is 41.5 Å². The topological polar surface area (TPSA) is 348 Å². The van der Waals surface area contributed by atoms with Gasteiger partial charge in [0.25, 0.3) is 0 Å². The van der Waals surface area contributed by atoms with Crippen LogP contribution >= 0.6 is 0 Å². The smallest absolute Gasteiger partial charge is 0.303 e. The van der Waals surface area contributed by atoms with Gasteiger partial charge in [-0.2, -0.15) is 0 Å². The summed E-state index contributed by atoms with van der Waals surface area (Å²) in [4.78, 5) is 90.5. The molecule has 412 valence electrons.